The number of imidazole rings is 1. The predicted octanol–water partition coefficient (Wildman–Crippen LogP) is 7.74. The molecule has 1 amide bonds. The van der Waals surface area contributed by atoms with Crippen LogP contribution >= 0.6 is 23.2 Å². The Morgan fingerprint density at radius 2 is 1.82 bits per heavy atom. The minimum absolute atomic E-state index is 0.136. The number of aryl methyl sites for hydroxylation is 1. The van der Waals surface area contributed by atoms with E-state index in [0.717, 1.165) is 49.0 Å². The summed E-state index contributed by atoms with van der Waals surface area (Å²) in [6.07, 6.45) is 11.0. The van der Waals surface area contributed by atoms with Gasteiger partial charge in [0.2, 0.25) is 5.95 Å². The van der Waals surface area contributed by atoms with Gasteiger partial charge in [0.1, 0.15) is 0 Å². The van der Waals surface area contributed by atoms with Crippen molar-refractivity contribution in [1.82, 2.24) is 20.2 Å². The van der Waals surface area contributed by atoms with Crippen molar-refractivity contribution < 1.29 is 4.79 Å². The third kappa shape index (κ3) is 5.83. The molecule has 1 heterocycles. The number of benzene rings is 2. The van der Waals surface area contributed by atoms with Gasteiger partial charge in [-0.1, -0.05) is 68.3 Å². The zero-order valence-corrected chi connectivity index (χ0v) is 24.2. The van der Waals surface area contributed by atoms with E-state index in [9.17, 15) is 4.79 Å². The molecule has 0 saturated heterocycles. The summed E-state index contributed by atoms with van der Waals surface area (Å²) in [5.41, 5.74) is 4.33. The van der Waals surface area contributed by atoms with Crippen molar-refractivity contribution in [3.8, 4) is 0 Å². The normalized spacial score (nSPS) is 18.6. The Morgan fingerprint density at radius 3 is 2.55 bits per heavy atom. The first-order valence-corrected chi connectivity index (χ1v) is 14.7. The van der Waals surface area contributed by atoms with E-state index in [2.05, 4.69) is 41.9 Å². The summed E-state index contributed by atoms with van der Waals surface area (Å²) < 4.78 is 1.94. The summed E-state index contributed by atoms with van der Waals surface area (Å²) >= 11 is 13.1. The van der Waals surface area contributed by atoms with Gasteiger partial charge >= 0.3 is 0 Å². The number of hydrogen-bond donors (Lipinski definition) is 3. The second-order valence-corrected chi connectivity index (χ2v) is 12.3. The SMILES string of the molecule is CC(NCc1ccc(Cl)c(Nc2nc3cc(C(=O)NC4CCCC4)c(Cl)cc3n2C)c1)C1(C)CCCCC1. The molecule has 3 N–H and O–H groups in total. The highest BCUT2D eigenvalue weighted by Crippen LogP contribution is 2.39. The zero-order valence-electron chi connectivity index (χ0n) is 22.7. The number of aromatic nitrogens is 2. The number of anilines is 2. The van der Waals surface area contributed by atoms with Crippen LogP contribution in [0.2, 0.25) is 10.0 Å². The molecule has 6 nitrogen and oxygen atoms in total. The molecule has 1 unspecified atom stereocenters. The van der Waals surface area contributed by atoms with Gasteiger partial charge in [-0.3, -0.25) is 4.79 Å². The lowest BCUT2D eigenvalue weighted by molar-refractivity contribution is 0.0938. The smallest absolute Gasteiger partial charge is 0.253 e. The molecule has 2 aromatic carbocycles. The molecule has 2 aliphatic rings. The van der Waals surface area contributed by atoms with Crippen LogP contribution in [0.5, 0.6) is 0 Å². The molecule has 1 aromatic heterocycles. The van der Waals surface area contributed by atoms with Gasteiger partial charge < -0.3 is 20.5 Å². The lowest BCUT2D eigenvalue weighted by Gasteiger charge is -2.39. The van der Waals surface area contributed by atoms with Gasteiger partial charge in [-0.25, -0.2) is 4.98 Å². The highest BCUT2D eigenvalue weighted by Gasteiger charge is 2.32. The van der Waals surface area contributed by atoms with Crippen LogP contribution in [0.25, 0.3) is 11.0 Å². The van der Waals surface area contributed by atoms with Gasteiger partial charge in [-0.05, 0) is 67.9 Å². The molecule has 0 aliphatic heterocycles. The Balaban J connectivity index is 1.31. The summed E-state index contributed by atoms with van der Waals surface area (Å²) in [6, 6.07) is 10.3. The van der Waals surface area contributed by atoms with Crippen LogP contribution in [-0.2, 0) is 13.6 Å². The van der Waals surface area contributed by atoms with Crippen LogP contribution in [0.1, 0.15) is 87.6 Å². The highest BCUT2D eigenvalue weighted by atomic mass is 35.5. The minimum atomic E-state index is -0.136. The molecular formula is C30H39Cl2N5O. The molecule has 0 bridgehead atoms. The summed E-state index contributed by atoms with van der Waals surface area (Å²) in [7, 11) is 1.93. The van der Waals surface area contributed by atoms with Crippen molar-refractivity contribution in [3.63, 3.8) is 0 Å². The number of nitrogens with one attached hydrogen (secondary N) is 3. The number of carbonyl (C=O) groups excluding carboxylic acids is 1. The molecule has 38 heavy (non-hydrogen) atoms. The van der Waals surface area contributed by atoms with Gasteiger partial charge in [0.05, 0.1) is 32.3 Å². The quantitative estimate of drug-likeness (QED) is 0.265. The van der Waals surface area contributed by atoms with E-state index in [1.54, 1.807) is 6.07 Å². The van der Waals surface area contributed by atoms with Crippen molar-refractivity contribution in [1.29, 1.82) is 0 Å². The Kier molecular flexibility index (Phi) is 8.22. The van der Waals surface area contributed by atoms with Crippen molar-refractivity contribution in [2.75, 3.05) is 5.32 Å². The summed E-state index contributed by atoms with van der Waals surface area (Å²) in [5, 5.41) is 11.3. The Hall–Kier alpha value is -2.28. The topological polar surface area (TPSA) is 71.0 Å². The molecule has 2 aliphatic carbocycles. The second-order valence-electron chi connectivity index (χ2n) is 11.5. The second kappa shape index (κ2) is 11.4. The zero-order chi connectivity index (χ0) is 26.9. The van der Waals surface area contributed by atoms with Crippen molar-refractivity contribution in [2.45, 2.75) is 90.3 Å². The number of carbonyl (C=O) groups is 1. The lowest BCUT2D eigenvalue weighted by atomic mass is 9.71. The number of nitrogens with zero attached hydrogens (tertiary/aromatic N) is 2. The van der Waals surface area contributed by atoms with E-state index in [-0.39, 0.29) is 11.9 Å². The first kappa shape index (κ1) is 27.3. The molecule has 1 atom stereocenters. The highest BCUT2D eigenvalue weighted by molar-refractivity contribution is 6.34. The summed E-state index contributed by atoms with van der Waals surface area (Å²) in [5.74, 6) is 0.503. The van der Waals surface area contributed by atoms with Crippen molar-refractivity contribution in [3.05, 3.63) is 51.5 Å². The summed E-state index contributed by atoms with van der Waals surface area (Å²) in [6.45, 7) is 5.51. The largest absolute Gasteiger partial charge is 0.349 e. The first-order chi connectivity index (χ1) is 18.2. The van der Waals surface area contributed by atoms with Crippen molar-refractivity contribution >= 4 is 51.8 Å². The third-order valence-corrected chi connectivity index (χ3v) is 9.48. The number of rotatable bonds is 8. The Bertz CT molecular complexity index is 1310. The van der Waals surface area contributed by atoms with E-state index in [1.165, 1.54) is 32.1 Å². The average Bonchev–Trinajstić information content (AvgIpc) is 3.52. The van der Waals surface area contributed by atoms with E-state index >= 15 is 0 Å². The van der Waals surface area contributed by atoms with Crippen LogP contribution in [0.3, 0.4) is 0 Å². The maximum Gasteiger partial charge on any atom is 0.253 e. The Morgan fingerprint density at radius 1 is 1.08 bits per heavy atom. The molecule has 0 radical (unpaired) electrons. The Labute approximate surface area is 235 Å². The molecular weight excluding hydrogens is 517 g/mol. The van der Waals surface area contributed by atoms with Crippen molar-refractivity contribution in [2.24, 2.45) is 12.5 Å². The number of fused-ring (bicyclic) bond motifs is 1. The molecule has 8 heteroatoms. The number of halogens is 2. The van der Waals surface area contributed by atoms with E-state index in [4.69, 9.17) is 28.2 Å². The fraction of sp³-hybridized carbons (Fsp3) is 0.533. The monoisotopic (exact) mass is 555 g/mol. The molecule has 3 aromatic rings. The van der Waals surface area contributed by atoms with Gasteiger partial charge in [-0.2, -0.15) is 0 Å². The predicted molar refractivity (Wildman–Crippen MR) is 158 cm³/mol. The van der Waals surface area contributed by atoms with Crippen LogP contribution in [0.15, 0.2) is 30.3 Å². The van der Waals surface area contributed by atoms with Crippen LogP contribution in [-0.4, -0.2) is 27.5 Å². The lowest BCUT2D eigenvalue weighted by Crippen LogP contribution is -2.42. The molecule has 204 valence electrons. The van der Waals surface area contributed by atoms with Gasteiger partial charge in [-0.15, -0.1) is 0 Å². The minimum Gasteiger partial charge on any atom is -0.349 e. The molecule has 0 spiro atoms. The fourth-order valence-corrected chi connectivity index (χ4v) is 6.45. The average molecular weight is 557 g/mol. The third-order valence-electron chi connectivity index (χ3n) is 8.84. The first-order valence-electron chi connectivity index (χ1n) is 14.0. The standard InChI is InChI=1S/C30H39Cl2N5O/c1-19(30(2)13-7-4-8-14-30)33-18-20-11-12-23(31)25(15-20)35-29-36-26-16-22(24(32)17-27(26)37(29)3)28(38)34-21-9-5-6-10-21/h11-12,15-17,19,21,33H,4-10,13-14,18H2,1-3H3,(H,34,38)(H,35,36). The molecule has 2 fully saturated rings. The van der Waals surface area contributed by atoms with Gasteiger partial charge in [0.25, 0.3) is 5.91 Å². The fourth-order valence-electron chi connectivity index (χ4n) is 6.04. The molecule has 5 rings (SSSR count). The van der Waals surface area contributed by atoms with E-state index in [1.807, 2.05) is 23.7 Å². The summed E-state index contributed by atoms with van der Waals surface area (Å²) in [4.78, 5) is 17.7. The van der Waals surface area contributed by atoms with Crippen LogP contribution in [0, 0.1) is 5.41 Å². The molecule has 2 saturated carbocycles. The maximum atomic E-state index is 12.9. The van der Waals surface area contributed by atoms with Gasteiger partial charge in [0.15, 0.2) is 0 Å². The number of hydrogen-bond acceptors (Lipinski definition) is 4. The van der Waals surface area contributed by atoms with E-state index < -0.39 is 0 Å². The van der Waals surface area contributed by atoms with E-state index in [0.29, 0.717) is 38.5 Å². The number of amides is 1. The van der Waals surface area contributed by atoms with Gasteiger partial charge in [0, 0.05) is 25.7 Å². The van der Waals surface area contributed by atoms with Crippen LogP contribution in [0.4, 0.5) is 11.6 Å². The maximum absolute atomic E-state index is 12.9. The van der Waals surface area contributed by atoms with Crippen LogP contribution < -0.4 is 16.0 Å².